The fraction of sp³-hybridized carbons (Fsp3) is 0.188. The van der Waals surface area contributed by atoms with Gasteiger partial charge in [-0.15, -0.1) is 0 Å². The second kappa shape index (κ2) is 6.94. The Labute approximate surface area is 133 Å². The van der Waals surface area contributed by atoms with Crippen molar-refractivity contribution in [2.75, 3.05) is 5.32 Å². The zero-order valence-corrected chi connectivity index (χ0v) is 12.9. The van der Waals surface area contributed by atoms with E-state index in [0.29, 0.717) is 21.3 Å². The summed E-state index contributed by atoms with van der Waals surface area (Å²) in [6.45, 7) is 1.91. The summed E-state index contributed by atoms with van der Waals surface area (Å²) in [6, 6.07) is 12.1. The molecule has 0 radical (unpaired) electrons. The molecule has 2 aromatic rings. The van der Waals surface area contributed by atoms with Crippen LogP contribution in [0.1, 0.15) is 23.7 Å². The Kier molecular flexibility index (Phi) is 5.23. The zero-order chi connectivity index (χ0) is 15.4. The molecule has 0 aliphatic rings. The largest absolute Gasteiger partial charge is 0.388 e. The predicted octanol–water partition coefficient (Wildman–Crippen LogP) is 4.36. The van der Waals surface area contributed by atoms with Crippen LogP contribution in [0.4, 0.5) is 5.69 Å². The summed E-state index contributed by atoms with van der Waals surface area (Å²) in [4.78, 5) is 12.0. The Bertz CT molecular complexity index is 641. The molecule has 0 aliphatic carbocycles. The summed E-state index contributed by atoms with van der Waals surface area (Å²) in [7, 11) is 0. The van der Waals surface area contributed by atoms with Gasteiger partial charge < -0.3 is 10.4 Å². The van der Waals surface area contributed by atoms with Gasteiger partial charge in [-0.25, -0.2) is 0 Å². The number of halogens is 2. The maximum Gasteiger partial charge on any atom is 0.227 e. The molecule has 2 aromatic carbocycles. The van der Waals surface area contributed by atoms with Crippen molar-refractivity contribution in [2.45, 2.75) is 19.4 Å². The van der Waals surface area contributed by atoms with Gasteiger partial charge in [0.1, 0.15) is 0 Å². The van der Waals surface area contributed by atoms with Crippen LogP contribution in [0.25, 0.3) is 0 Å². The quantitative estimate of drug-likeness (QED) is 0.878. The van der Waals surface area contributed by atoms with Crippen LogP contribution in [0, 0.1) is 6.92 Å². The third-order valence-electron chi connectivity index (χ3n) is 3.03. The standard InChI is InChI=1S/C16H15Cl2NO2/c1-10-2-7-13(18)14(8-10)19-16(21)9-15(20)11-3-5-12(17)6-4-11/h2-8,15,20H,9H2,1H3,(H,19,21). The monoisotopic (exact) mass is 323 g/mol. The number of aryl methyl sites for hydroxylation is 1. The second-order valence-electron chi connectivity index (χ2n) is 4.80. The van der Waals surface area contributed by atoms with Crippen molar-refractivity contribution >= 4 is 34.8 Å². The maximum absolute atomic E-state index is 12.0. The van der Waals surface area contributed by atoms with Crippen molar-refractivity contribution in [1.82, 2.24) is 0 Å². The lowest BCUT2D eigenvalue weighted by molar-refractivity contribution is -0.118. The fourth-order valence-corrected chi connectivity index (χ4v) is 2.21. The van der Waals surface area contributed by atoms with Crippen LogP contribution in [0.5, 0.6) is 0 Å². The van der Waals surface area contributed by atoms with Gasteiger partial charge in [0.05, 0.1) is 23.2 Å². The van der Waals surface area contributed by atoms with Gasteiger partial charge in [0.25, 0.3) is 0 Å². The molecule has 0 aromatic heterocycles. The van der Waals surface area contributed by atoms with Crippen LogP contribution in [0.3, 0.4) is 0 Å². The Morgan fingerprint density at radius 3 is 2.52 bits per heavy atom. The molecule has 0 aliphatic heterocycles. The first-order valence-corrected chi connectivity index (χ1v) is 7.21. The lowest BCUT2D eigenvalue weighted by atomic mass is 10.1. The van der Waals surface area contributed by atoms with Gasteiger partial charge in [0, 0.05) is 5.02 Å². The van der Waals surface area contributed by atoms with Gasteiger partial charge in [-0.2, -0.15) is 0 Å². The maximum atomic E-state index is 12.0. The highest BCUT2D eigenvalue weighted by atomic mass is 35.5. The molecule has 0 bridgehead atoms. The van der Waals surface area contributed by atoms with Crippen LogP contribution >= 0.6 is 23.2 Å². The minimum atomic E-state index is -0.883. The van der Waals surface area contributed by atoms with E-state index in [1.165, 1.54) is 0 Å². The van der Waals surface area contributed by atoms with E-state index >= 15 is 0 Å². The summed E-state index contributed by atoms with van der Waals surface area (Å²) >= 11 is 11.8. The topological polar surface area (TPSA) is 49.3 Å². The second-order valence-corrected chi connectivity index (χ2v) is 5.65. The van der Waals surface area contributed by atoms with Gasteiger partial charge in [-0.05, 0) is 42.3 Å². The van der Waals surface area contributed by atoms with E-state index in [1.807, 2.05) is 13.0 Å². The molecule has 2 N–H and O–H groups in total. The zero-order valence-electron chi connectivity index (χ0n) is 11.4. The van der Waals surface area contributed by atoms with Crippen molar-refractivity contribution < 1.29 is 9.90 Å². The number of hydrogen-bond donors (Lipinski definition) is 2. The number of benzene rings is 2. The van der Waals surface area contributed by atoms with Crippen LogP contribution in [0.15, 0.2) is 42.5 Å². The lowest BCUT2D eigenvalue weighted by Gasteiger charge is -2.12. The molecule has 21 heavy (non-hydrogen) atoms. The van der Waals surface area contributed by atoms with Crippen molar-refractivity contribution in [1.29, 1.82) is 0 Å². The van der Waals surface area contributed by atoms with Gasteiger partial charge in [-0.1, -0.05) is 41.4 Å². The number of nitrogens with one attached hydrogen (secondary N) is 1. The predicted molar refractivity (Wildman–Crippen MR) is 85.8 cm³/mol. The summed E-state index contributed by atoms with van der Waals surface area (Å²) < 4.78 is 0. The highest BCUT2D eigenvalue weighted by Crippen LogP contribution is 2.24. The van der Waals surface area contributed by atoms with Gasteiger partial charge in [-0.3, -0.25) is 4.79 Å². The van der Waals surface area contributed by atoms with E-state index in [0.717, 1.165) is 5.56 Å². The number of aliphatic hydroxyl groups excluding tert-OH is 1. The molecule has 0 heterocycles. The molecule has 0 fully saturated rings. The van der Waals surface area contributed by atoms with Gasteiger partial charge >= 0.3 is 0 Å². The molecule has 0 saturated carbocycles. The summed E-state index contributed by atoms with van der Waals surface area (Å²) in [6.07, 6.45) is -0.933. The van der Waals surface area contributed by atoms with Crippen LogP contribution in [-0.2, 0) is 4.79 Å². The van der Waals surface area contributed by atoms with Crippen molar-refractivity contribution in [3.05, 3.63) is 63.6 Å². The van der Waals surface area contributed by atoms with Gasteiger partial charge in [0.2, 0.25) is 5.91 Å². The Morgan fingerprint density at radius 2 is 1.86 bits per heavy atom. The minimum absolute atomic E-state index is 0.0497. The van der Waals surface area contributed by atoms with Crippen molar-refractivity contribution in [2.24, 2.45) is 0 Å². The Hall–Kier alpha value is -1.55. The third-order valence-corrected chi connectivity index (χ3v) is 3.61. The number of carbonyl (C=O) groups is 1. The molecule has 110 valence electrons. The first-order valence-electron chi connectivity index (χ1n) is 6.45. The van der Waals surface area contributed by atoms with Crippen LogP contribution in [0.2, 0.25) is 10.0 Å². The number of rotatable bonds is 4. The number of amides is 1. The molecule has 1 amide bonds. The lowest BCUT2D eigenvalue weighted by Crippen LogP contribution is -2.15. The highest BCUT2D eigenvalue weighted by molar-refractivity contribution is 6.33. The fourth-order valence-electron chi connectivity index (χ4n) is 1.91. The van der Waals surface area contributed by atoms with E-state index < -0.39 is 6.10 Å². The van der Waals surface area contributed by atoms with Crippen LogP contribution in [-0.4, -0.2) is 11.0 Å². The van der Waals surface area contributed by atoms with E-state index in [2.05, 4.69) is 5.32 Å². The summed E-state index contributed by atoms with van der Waals surface area (Å²) in [5.74, 6) is -0.301. The smallest absolute Gasteiger partial charge is 0.227 e. The number of anilines is 1. The first kappa shape index (κ1) is 15.8. The molecule has 5 heteroatoms. The Balaban J connectivity index is 2.01. The van der Waals surface area contributed by atoms with Crippen molar-refractivity contribution in [3.8, 4) is 0 Å². The van der Waals surface area contributed by atoms with E-state index in [1.54, 1.807) is 36.4 Å². The third kappa shape index (κ3) is 4.46. The number of carbonyl (C=O) groups excluding carboxylic acids is 1. The van der Waals surface area contributed by atoms with Crippen molar-refractivity contribution in [3.63, 3.8) is 0 Å². The molecule has 1 unspecified atom stereocenters. The molecule has 0 spiro atoms. The molecule has 1 atom stereocenters. The molecular weight excluding hydrogens is 309 g/mol. The minimum Gasteiger partial charge on any atom is -0.388 e. The normalized spacial score (nSPS) is 12.0. The van der Waals surface area contributed by atoms with E-state index in [-0.39, 0.29) is 12.3 Å². The molecule has 3 nitrogen and oxygen atoms in total. The first-order chi connectivity index (χ1) is 9.95. The molecule has 2 rings (SSSR count). The summed E-state index contributed by atoms with van der Waals surface area (Å²) in [5.41, 5.74) is 2.18. The Morgan fingerprint density at radius 1 is 1.19 bits per heavy atom. The highest BCUT2D eigenvalue weighted by Gasteiger charge is 2.14. The number of hydrogen-bond acceptors (Lipinski definition) is 2. The molecule has 0 saturated heterocycles. The number of aliphatic hydroxyl groups is 1. The SMILES string of the molecule is Cc1ccc(Cl)c(NC(=O)CC(O)c2ccc(Cl)cc2)c1. The average Bonchev–Trinajstić information content (AvgIpc) is 2.43. The van der Waals surface area contributed by atoms with Gasteiger partial charge in [0.15, 0.2) is 0 Å². The van der Waals surface area contributed by atoms with E-state index in [4.69, 9.17) is 23.2 Å². The average molecular weight is 324 g/mol. The molecular formula is C16H15Cl2NO2. The van der Waals surface area contributed by atoms with Crippen LogP contribution < -0.4 is 5.32 Å². The van der Waals surface area contributed by atoms with E-state index in [9.17, 15) is 9.90 Å². The summed E-state index contributed by atoms with van der Waals surface area (Å²) in [5, 5.41) is 13.8.